The minimum atomic E-state index is 0.602. The number of thiocarbonyl (C=S) groups is 1. The molecular weight excluding hydrogens is 218 g/mol. The molecule has 0 radical (unpaired) electrons. The molecule has 0 unspecified atom stereocenters. The summed E-state index contributed by atoms with van der Waals surface area (Å²) >= 11 is 5.10. The summed E-state index contributed by atoms with van der Waals surface area (Å²) in [5.74, 6) is 0.768. The maximum atomic E-state index is 5.10. The van der Waals surface area contributed by atoms with Crippen LogP contribution in [-0.2, 0) is 0 Å². The van der Waals surface area contributed by atoms with E-state index in [1.165, 1.54) is 0 Å². The number of nitrogens with one attached hydrogen (secondary N) is 2. The fraction of sp³-hybridized carbons (Fsp3) is 0.167. The van der Waals surface area contributed by atoms with Crippen LogP contribution in [0.4, 0.5) is 5.82 Å². The maximum absolute atomic E-state index is 5.10. The molecule has 2 aromatic rings. The van der Waals surface area contributed by atoms with Crippen LogP contribution in [-0.4, -0.2) is 16.6 Å². The first kappa shape index (κ1) is 10.8. The summed E-state index contributed by atoms with van der Waals surface area (Å²) < 4.78 is 0. The van der Waals surface area contributed by atoms with Crippen LogP contribution >= 0.6 is 12.2 Å². The minimum absolute atomic E-state index is 0.602. The van der Waals surface area contributed by atoms with Crippen LogP contribution in [0.2, 0.25) is 0 Å². The Morgan fingerprint density at radius 3 is 2.88 bits per heavy atom. The SMILES string of the molecule is CCNC(=S)Nc1ccc2ccccc2n1. The average molecular weight is 231 g/mol. The molecule has 0 fully saturated rings. The van der Waals surface area contributed by atoms with E-state index in [0.29, 0.717) is 5.11 Å². The van der Waals surface area contributed by atoms with Crippen molar-refractivity contribution in [1.82, 2.24) is 10.3 Å². The van der Waals surface area contributed by atoms with Crippen LogP contribution in [0.1, 0.15) is 6.92 Å². The fourth-order valence-corrected chi connectivity index (χ4v) is 1.71. The number of fused-ring (bicyclic) bond motifs is 1. The molecular formula is C12H13N3S. The first-order chi connectivity index (χ1) is 7.79. The summed E-state index contributed by atoms with van der Waals surface area (Å²) in [6.07, 6.45) is 0. The van der Waals surface area contributed by atoms with Gasteiger partial charge in [-0.1, -0.05) is 18.2 Å². The number of benzene rings is 1. The van der Waals surface area contributed by atoms with Gasteiger partial charge in [-0.2, -0.15) is 0 Å². The summed E-state index contributed by atoms with van der Waals surface area (Å²) in [4.78, 5) is 4.46. The largest absolute Gasteiger partial charge is 0.363 e. The molecule has 0 aliphatic heterocycles. The normalized spacial score (nSPS) is 10.1. The highest BCUT2D eigenvalue weighted by molar-refractivity contribution is 7.80. The molecule has 16 heavy (non-hydrogen) atoms. The molecule has 0 atom stereocenters. The number of anilines is 1. The van der Waals surface area contributed by atoms with Crippen LogP contribution < -0.4 is 10.6 Å². The van der Waals surface area contributed by atoms with Crippen LogP contribution in [0.25, 0.3) is 10.9 Å². The predicted molar refractivity (Wildman–Crippen MR) is 71.6 cm³/mol. The van der Waals surface area contributed by atoms with E-state index >= 15 is 0 Å². The molecule has 0 aliphatic rings. The van der Waals surface area contributed by atoms with E-state index < -0.39 is 0 Å². The number of rotatable bonds is 2. The third-order valence-corrected chi connectivity index (χ3v) is 2.42. The van der Waals surface area contributed by atoms with Crippen molar-refractivity contribution in [2.75, 3.05) is 11.9 Å². The molecule has 4 heteroatoms. The van der Waals surface area contributed by atoms with Gasteiger partial charge < -0.3 is 10.6 Å². The Kier molecular flexibility index (Phi) is 3.31. The number of nitrogens with zero attached hydrogens (tertiary/aromatic N) is 1. The Morgan fingerprint density at radius 1 is 1.25 bits per heavy atom. The molecule has 0 saturated carbocycles. The lowest BCUT2D eigenvalue weighted by Gasteiger charge is -2.08. The van der Waals surface area contributed by atoms with Crippen molar-refractivity contribution < 1.29 is 0 Å². The van der Waals surface area contributed by atoms with Gasteiger partial charge in [0.2, 0.25) is 0 Å². The van der Waals surface area contributed by atoms with E-state index in [2.05, 4.69) is 15.6 Å². The predicted octanol–water partition coefficient (Wildman–Crippen LogP) is 2.54. The zero-order valence-electron chi connectivity index (χ0n) is 9.03. The second-order valence-corrected chi connectivity index (χ2v) is 3.78. The third-order valence-electron chi connectivity index (χ3n) is 2.18. The highest BCUT2D eigenvalue weighted by Crippen LogP contribution is 2.14. The first-order valence-corrected chi connectivity index (χ1v) is 5.61. The maximum Gasteiger partial charge on any atom is 0.171 e. The average Bonchev–Trinajstić information content (AvgIpc) is 2.29. The highest BCUT2D eigenvalue weighted by Gasteiger charge is 1.99. The topological polar surface area (TPSA) is 37.0 Å². The van der Waals surface area contributed by atoms with Gasteiger partial charge in [-0.05, 0) is 37.3 Å². The van der Waals surface area contributed by atoms with E-state index in [1.54, 1.807) is 0 Å². The van der Waals surface area contributed by atoms with Crippen LogP contribution in [0, 0.1) is 0 Å². The number of aromatic nitrogens is 1. The fourth-order valence-electron chi connectivity index (χ4n) is 1.46. The van der Waals surface area contributed by atoms with Crippen molar-refractivity contribution in [1.29, 1.82) is 0 Å². The molecule has 0 amide bonds. The summed E-state index contributed by atoms with van der Waals surface area (Å²) in [6, 6.07) is 11.9. The zero-order valence-corrected chi connectivity index (χ0v) is 9.84. The quantitative estimate of drug-likeness (QED) is 0.779. The number of hydrogen-bond acceptors (Lipinski definition) is 2. The number of hydrogen-bond donors (Lipinski definition) is 2. The second kappa shape index (κ2) is 4.90. The second-order valence-electron chi connectivity index (χ2n) is 3.37. The molecule has 0 bridgehead atoms. The van der Waals surface area contributed by atoms with Crippen molar-refractivity contribution >= 4 is 34.1 Å². The lowest BCUT2D eigenvalue weighted by Crippen LogP contribution is -2.28. The smallest absolute Gasteiger partial charge is 0.171 e. The Labute approximate surface area is 99.9 Å². The van der Waals surface area contributed by atoms with E-state index in [-0.39, 0.29) is 0 Å². The summed E-state index contributed by atoms with van der Waals surface area (Å²) in [5.41, 5.74) is 0.965. The van der Waals surface area contributed by atoms with Gasteiger partial charge in [-0.3, -0.25) is 0 Å². The summed E-state index contributed by atoms with van der Waals surface area (Å²) in [6.45, 7) is 2.81. The van der Waals surface area contributed by atoms with Gasteiger partial charge in [-0.25, -0.2) is 4.98 Å². The van der Waals surface area contributed by atoms with Gasteiger partial charge in [0.25, 0.3) is 0 Å². The Hall–Kier alpha value is -1.68. The van der Waals surface area contributed by atoms with Crippen molar-refractivity contribution in [2.45, 2.75) is 6.92 Å². The van der Waals surface area contributed by atoms with Crippen molar-refractivity contribution in [3.05, 3.63) is 36.4 Å². The Morgan fingerprint density at radius 2 is 2.06 bits per heavy atom. The number of pyridine rings is 1. The summed E-state index contributed by atoms with van der Waals surface area (Å²) in [5, 5.41) is 7.80. The van der Waals surface area contributed by atoms with Gasteiger partial charge in [0, 0.05) is 11.9 Å². The molecule has 1 aromatic heterocycles. The molecule has 0 saturated heterocycles. The summed E-state index contributed by atoms with van der Waals surface area (Å²) in [7, 11) is 0. The molecule has 2 N–H and O–H groups in total. The highest BCUT2D eigenvalue weighted by atomic mass is 32.1. The van der Waals surface area contributed by atoms with Crippen LogP contribution in [0.5, 0.6) is 0 Å². The van der Waals surface area contributed by atoms with Crippen molar-refractivity contribution in [3.8, 4) is 0 Å². The zero-order chi connectivity index (χ0) is 11.4. The first-order valence-electron chi connectivity index (χ1n) is 5.20. The van der Waals surface area contributed by atoms with Gasteiger partial charge >= 0.3 is 0 Å². The van der Waals surface area contributed by atoms with Gasteiger partial charge in [0.1, 0.15) is 5.82 Å². The Balaban J connectivity index is 2.22. The lowest BCUT2D eigenvalue weighted by atomic mass is 10.2. The molecule has 1 aromatic carbocycles. The van der Waals surface area contributed by atoms with E-state index in [1.807, 2.05) is 43.3 Å². The minimum Gasteiger partial charge on any atom is -0.363 e. The van der Waals surface area contributed by atoms with E-state index in [9.17, 15) is 0 Å². The molecule has 3 nitrogen and oxygen atoms in total. The van der Waals surface area contributed by atoms with Crippen molar-refractivity contribution in [3.63, 3.8) is 0 Å². The van der Waals surface area contributed by atoms with Crippen LogP contribution in [0.15, 0.2) is 36.4 Å². The van der Waals surface area contributed by atoms with Crippen molar-refractivity contribution in [2.24, 2.45) is 0 Å². The Bertz CT molecular complexity index is 510. The molecule has 0 aliphatic carbocycles. The lowest BCUT2D eigenvalue weighted by molar-refractivity contribution is 0.978. The standard InChI is InChI=1S/C12H13N3S/c1-2-13-12(16)15-11-8-7-9-5-3-4-6-10(9)14-11/h3-8H,2H2,1H3,(H2,13,14,15,16). The van der Waals surface area contributed by atoms with Gasteiger partial charge in [0.15, 0.2) is 5.11 Å². The van der Waals surface area contributed by atoms with Gasteiger partial charge in [0.05, 0.1) is 5.52 Å². The molecule has 2 rings (SSSR count). The van der Waals surface area contributed by atoms with E-state index in [4.69, 9.17) is 12.2 Å². The number of para-hydroxylation sites is 1. The molecule has 0 spiro atoms. The monoisotopic (exact) mass is 231 g/mol. The molecule has 82 valence electrons. The van der Waals surface area contributed by atoms with Gasteiger partial charge in [-0.15, -0.1) is 0 Å². The molecule has 1 heterocycles. The third kappa shape index (κ3) is 2.46. The van der Waals surface area contributed by atoms with E-state index in [0.717, 1.165) is 23.3 Å². The van der Waals surface area contributed by atoms with Crippen LogP contribution in [0.3, 0.4) is 0 Å².